The van der Waals surface area contributed by atoms with Crippen molar-refractivity contribution in [3.05, 3.63) is 205 Å². The highest BCUT2D eigenvalue weighted by atomic mass is 15.2. The summed E-state index contributed by atoms with van der Waals surface area (Å²) in [5.74, 6) is 0.137. The van der Waals surface area contributed by atoms with Gasteiger partial charge in [-0.25, -0.2) is 0 Å². The molecule has 1 aliphatic carbocycles. The fraction of sp³-hybridized carbons (Fsp3) is 0.0400. The molecule has 244 valence electrons. The number of anilines is 4. The molecule has 9 aromatic rings. The van der Waals surface area contributed by atoms with Crippen LogP contribution >= 0.6 is 0 Å². The summed E-state index contributed by atoms with van der Waals surface area (Å²) < 4.78 is 0. The molecule has 0 amide bonds. The Balaban J connectivity index is 1.17. The maximum Gasteiger partial charge on any atom is 0.0708 e. The van der Waals surface area contributed by atoms with Crippen molar-refractivity contribution in [3.8, 4) is 22.3 Å². The van der Waals surface area contributed by atoms with Gasteiger partial charge in [0.05, 0.1) is 6.04 Å². The third-order valence-corrected chi connectivity index (χ3v) is 11.3. The van der Waals surface area contributed by atoms with E-state index in [0.717, 1.165) is 11.4 Å². The molecule has 52 heavy (non-hydrogen) atoms. The van der Waals surface area contributed by atoms with E-state index in [0.29, 0.717) is 0 Å². The van der Waals surface area contributed by atoms with Crippen LogP contribution in [0, 0.1) is 0 Å². The molecule has 1 N–H and O–H groups in total. The van der Waals surface area contributed by atoms with Crippen molar-refractivity contribution in [2.45, 2.75) is 12.0 Å². The van der Waals surface area contributed by atoms with Crippen LogP contribution in [0.3, 0.4) is 0 Å². The summed E-state index contributed by atoms with van der Waals surface area (Å²) in [6.07, 6.45) is 0. The molecule has 0 saturated heterocycles. The number of nitrogens with zero attached hydrogens (tertiary/aromatic N) is 1. The lowest BCUT2D eigenvalue weighted by Crippen LogP contribution is -2.26. The molecule has 0 saturated carbocycles. The minimum absolute atomic E-state index is 0.104. The zero-order valence-corrected chi connectivity index (χ0v) is 28.5. The van der Waals surface area contributed by atoms with Crippen LogP contribution in [0.15, 0.2) is 188 Å². The fourth-order valence-corrected chi connectivity index (χ4v) is 9.13. The number of fused-ring (bicyclic) bond motifs is 12. The first-order valence-electron chi connectivity index (χ1n) is 18.2. The Morgan fingerprint density at radius 1 is 0.423 bits per heavy atom. The van der Waals surface area contributed by atoms with Gasteiger partial charge in [0.25, 0.3) is 0 Å². The predicted octanol–water partition coefficient (Wildman–Crippen LogP) is 13.6. The lowest BCUT2D eigenvalue weighted by atomic mass is 9.70. The Kier molecular flexibility index (Phi) is 6.41. The highest BCUT2D eigenvalue weighted by molar-refractivity contribution is 6.06. The molecule has 0 radical (unpaired) electrons. The molecule has 2 unspecified atom stereocenters. The summed E-state index contributed by atoms with van der Waals surface area (Å²) in [5.41, 5.74) is 13.9. The summed E-state index contributed by atoms with van der Waals surface area (Å²) in [6.45, 7) is 0. The van der Waals surface area contributed by atoms with E-state index < -0.39 is 0 Å². The molecular formula is C50H34N2. The second kappa shape index (κ2) is 11.4. The van der Waals surface area contributed by atoms with Gasteiger partial charge in [0.1, 0.15) is 0 Å². The smallest absolute Gasteiger partial charge is 0.0708 e. The lowest BCUT2D eigenvalue weighted by molar-refractivity contribution is 0.654. The van der Waals surface area contributed by atoms with E-state index >= 15 is 0 Å². The van der Waals surface area contributed by atoms with Crippen LogP contribution in [0.2, 0.25) is 0 Å². The molecule has 1 aliphatic heterocycles. The number of para-hydroxylation sites is 2. The molecule has 0 fully saturated rings. The summed E-state index contributed by atoms with van der Waals surface area (Å²) in [7, 11) is 0. The van der Waals surface area contributed by atoms with Crippen LogP contribution in [-0.2, 0) is 0 Å². The van der Waals surface area contributed by atoms with Gasteiger partial charge in [-0.2, -0.15) is 0 Å². The zero-order chi connectivity index (χ0) is 34.2. The molecule has 9 aromatic carbocycles. The van der Waals surface area contributed by atoms with Gasteiger partial charge in [0.2, 0.25) is 0 Å². The van der Waals surface area contributed by atoms with E-state index in [4.69, 9.17) is 0 Å². The lowest BCUT2D eigenvalue weighted by Gasteiger charge is -2.38. The molecule has 2 atom stereocenters. The van der Waals surface area contributed by atoms with Crippen LogP contribution in [0.4, 0.5) is 22.7 Å². The molecule has 2 heteroatoms. The molecule has 1 heterocycles. The van der Waals surface area contributed by atoms with Gasteiger partial charge in [-0.15, -0.1) is 0 Å². The molecular weight excluding hydrogens is 629 g/mol. The second-order valence-electron chi connectivity index (χ2n) is 14.1. The standard InChI is InChI=1S/C50H34N2/c1-3-15-34-29-37(27-25-32(34)13-1)51-45-23-11-9-19-40(45)44-31-36-17-5-6-18-39(36)48-47(44)41-20-7-8-21-42(41)50-49(48)43-22-10-12-24-46(43)52(50)38-28-26-33-14-2-4-16-35(33)30-38/h1-31,49-51H. The topological polar surface area (TPSA) is 15.3 Å². The van der Waals surface area contributed by atoms with E-state index in [2.05, 4.69) is 198 Å². The van der Waals surface area contributed by atoms with Crippen molar-refractivity contribution in [2.24, 2.45) is 0 Å². The molecule has 0 aromatic heterocycles. The van der Waals surface area contributed by atoms with Gasteiger partial charge in [0, 0.05) is 34.2 Å². The highest BCUT2D eigenvalue weighted by Crippen LogP contribution is 2.63. The van der Waals surface area contributed by atoms with Crippen molar-refractivity contribution >= 4 is 55.1 Å². The number of rotatable bonds is 4. The molecule has 2 nitrogen and oxygen atoms in total. The van der Waals surface area contributed by atoms with Crippen LogP contribution in [0.1, 0.15) is 28.7 Å². The minimum Gasteiger partial charge on any atom is -0.355 e. The Bertz CT molecular complexity index is 2870. The van der Waals surface area contributed by atoms with E-state index in [1.165, 1.54) is 82.6 Å². The van der Waals surface area contributed by atoms with E-state index in [9.17, 15) is 0 Å². The number of nitrogens with one attached hydrogen (secondary N) is 1. The van der Waals surface area contributed by atoms with Gasteiger partial charge in [-0.3, -0.25) is 0 Å². The number of hydrogen-bond acceptors (Lipinski definition) is 2. The normalized spacial score (nSPS) is 15.7. The molecule has 0 spiro atoms. The minimum atomic E-state index is 0.104. The first kappa shape index (κ1) is 29.1. The van der Waals surface area contributed by atoms with E-state index in [1.807, 2.05) is 0 Å². The average molecular weight is 663 g/mol. The monoisotopic (exact) mass is 662 g/mol. The summed E-state index contributed by atoms with van der Waals surface area (Å²) in [4.78, 5) is 2.62. The Morgan fingerprint density at radius 3 is 1.87 bits per heavy atom. The van der Waals surface area contributed by atoms with E-state index in [1.54, 1.807) is 0 Å². The van der Waals surface area contributed by atoms with E-state index in [-0.39, 0.29) is 12.0 Å². The van der Waals surface area contributed by atoms with Crippen LogP contribution in [0.25, 0.3) is 54.6 Å². The Morgan fingerprint density at radius 2 is 1.04 bits per heavy atom. The Labute approximate surface area is 303 Å². The first-order chi connectivity index (χ1) is 25.8. The number of benzene rings is 9. The van der Waals surface area contributed by atoms with Crippen molar-refractivity contribution < 1.29 is 0 Å². The first-order valence-corrected chi connectivity index (χ1v) is 18.2. The summed E-state index contributed by atoms with van der Waals surface area (Å²) in [5, 5.41) is 11.4. The van der Waals surface area contributed by atoms with Gasteiger partial charge >= 0.3 is 0 Å². The largest absolute Gasteiger partial charge is 0.355 e. The molecule has 0 bridgehead atoms. The Hall–Kier alpha value is -6.64. The van der Waals surface area contributed by atoms with Crippen LogP contribution in [0.5, 0.6) is 0 Å². The third-order valence-electron chi connectivity index (χ3n) is 11.3. The zero-order valence-electron chi connectivity index (χ0n) is 28.5. The van der Waals surface area contributed by atoms with Gasteiger partial charge in [-0.05, 0) is 108 Å². The summed E-state index contributed by atoms with van der Waals surface area (Å²) in [6, 6.07) is 69.4. The quantitative estimate of drug-likeness (QED) is 0.202. The van der Waals surface area contributed by atoms with Gasteiger partial charge < -0.3 is 10.2 Å². The fourth-order valence-electron chi connectivity index (χ4n) is 9.13. The highest BCUT2D eigenvalue weighted by Gasteiger charge is 2.47. The molecule has 2 aliphatic rings. The summed E-state index contributed by atoms with van der Waals surface area (Å²) >= 11 is 0. The average Bonchev–Trinajstić information content (AvgIpc) is 3.56. The second-order valence-corrected chi connectivity index (χ2v) is 14.1. The predicted molar refractivity (Wildman–Crippen MR) is 219 cm³/mol. The van der Waals surface area contributed by atoms with Crippen molar-refractivity contribution in [1.29, 1.82) is 0 Å². The van der Waals surface area contributed by atoms with Gasteiger partial charge in [0.15, 0.2) is 0 Å². The third kappa shape index (κ3) is 4.37. The van der Waals surface area contributed by atoms with Crippen molar-refractivity contribution in [2.75, 3.05) is 10.2 Å². The van der Waals surface area contributed by atoms with Crippen LogP contribution in [-0.4, -0.2) is 0 Å². The maximum atomic E-state index is 3.84. The van der Waals surface area contributed by atoms with Crippen molar-refractivity contribution in [1.82, 2.24) is 0 Å². The maximum absolute atomic E-state index is 3.84. The van der Waals surface area contributed by atoms with Crippen LogP contribution < -0.4 is 10.2 Å². The van der Waals surface area contributed by atoms with Gasteiger partial charge in [-0.1, -0.05) is 146 Å². The molecule has 11 rings (SSSR count). The SMILES string of the molecule is c1ccc(-c2cc3ccccc3c3c2-c2ccccc2C2C3c3ccccc3N2c2ccc3ccccc3c2)c(Nc2ccc3ccccc3c2)c1. The van der Waals surface area contributed by atoms with Crippen molar-refractivity contribution in [3.63, 3.8) is 0 Å². The number of hydrogen-bond donors (Lipinski definition) is 1.